The lowest BCUT2D eigenvalue weighted by molar-refractivity contribution is -0.161. The minimum Gasteiger partial charge on any atom is -0.462 e. The molecule has 0 aliphatic heterocycles. The lowest BCUT2D eigenvalue weighted by Gasteiger charge is -2.21. The summed E-state index contributed by atoms with van der Waals surface area (Å²) < 4.78 is 68.4. The molecule has 0 saturated heterocycles. The van der Waals surface area contributed by atoms with Gasteiger partial charge in [-0.15, -0.1) is 0 Å². The molecular formula is C83H136O17P2. The zero-order chi connectivity index (χ0) is 74.6. The van der Waals surface area contributed by atoms with E-state index >= 15 is 0 Å². The van der Waals surface area contributed by atoms with E-state index in [0.717, 1.165) is 167 Å². The molecule has 0 amide bonds. The third kappa shape index (κ3) is 73.0. The van der Waals surface area contributed by atoms with Crippen LogP contribution in [0.3, 0.4) is 0 Å². The third-order valence-electron chi connectivity index (χ3n) is 15.5. The van der Waals surface area contributed by atoms with Crippen molar-refractivity contribution in [1.82, 2.24) is 0 Å². The third-order valence-corrected chi connectivity index (χ3v) is 17.4. The molecule has 0 aromatic rings. The van der Waals surface area contributed by atoms with E-state index in [1.807, 2.05) is 18.2 Å². The van der Waals surface area contributed by atoms with Gasteiger partial charge in [0.25, 0.3) is 0 Å². The van der Waals surface area contributed by atoms with Gasteiger partial charge in [0.2, 0.25) is 0 Å². The predicted molar refractivity (Wildman–Crippen MR) is 417 cm³/mol. The van der Waals surface area contributed by atoms with Crippen molar-refractivity contribution in [2.75, 3.05) is 39.6 Å². The van der Waals surface area contributed by atoms with Crippen LogP contribution in [0.2, 0.25) is 0 Å². The Hall–Kier alpha value is -5.32. The predicted octanol–water partition coefficient (Wildman–Crippen LogP) is 22.4. The zero-order valence-electron chi connectivity index (χ0n) is 63.2. The molecule has 0 rings (SSSR count). The number of rotatable bonds is 71. The quantitative estimate of drug-likeness (QED) is 0.0169. The van der Waals surface area contributed by atoms with Crippen LogP contribution in [-0.4, -0.2) is 96.7 Å². The molecule has 0 aliphatic rings. The van der Waals surface area contributed by atoms with Crippen molar-refractivity contribution in [3.63, 3.8) is 0 Å². The Morgan fingerprint density at radius 3 is 0.882 bits per heavy atom. The number of aliphatic hydroxyl groups excluding tert-OH is 1. The van der Waals surface area contributed by atoms with Crippen LogP contribution in [0.25, 0.3) is 0 Å². The molecule has 0 radical (unpaired) electrons. The number of phosphoric acid groups is 2. The largest absolute Gasteiger partial charge is 0.472 e. The molecule has 19 heteroatoms. The summed E-state index contributed by atoms with van der Waals surface area (Å²) in [6.45, 7) is 4.42. The summed E-state index contributed by atoms with van der Waals surface area (Å²) in [5.74, 6) is -2.34. The summed E-state index contributed by atoms with van der Waals surface area (Å²) in [5.41, 5.74) is 0. The van der Waals surface area contributed by atoms with Gasteiger partial charge in [0.15, 0.2) is 12.2 Å². The summed E-state index contributed by atoms with van der Waals surface area (Å²) in [6, 6.07) is 0. The van der Waals surface area contributed by atoms with Gasteiger partial charge in [-0.2, -0.15) is 0 Å². The molecule has 0 bridgehead atoms. The fourth-order valence-electron chi connectivity index (χ4n) is 9.60. The minimum absolute atomic E-state index is 0.0248. The summed E-state index contributed by atoms with van der Waals surface area (Å²) in [4.78, 5) is 72.9. The van der Waals surface area contributed by atoms with Crippen LogP contribution in [-0.2, 0) is 65.4 Å². The highest BCUT2D eigenvalue weighted by Crippen LogP contribution is 2.45. The molecule has 0 aromatic carbocycles. The molecule has 5 atom stereocenters. The Bertz CT molecular complexity index is 2550. The van der Waals surface area contributed by atoms with Crippen LogP contribution in [0.15, 0.2) is 158 Å². The highest BCUT2D eigenvalue weighted by molar-refractivity contribution is 7.47. The zero-order valence-corrected chi connectivity index (χ0v) is 65.0. The van der Waals surface area contributed by atoms with E-state index in [-0.39, 0.29) is 25.7 Å². The summed E-state index contributed by atoms with van der Waals surface area (Å²) in [6.07, 6.45) is 85.3. The first kappa shape index (κ1) is 96.7. The van der Waals surface area contributed by atoms with Crippen molar-refractivity contribution in [3.05, 3.63) is 158 Å². The second-order valence-corrected chi connectivity index (χ2v) is 28.1. The number of carbonyl (C=O) groups excluding carboxylic acids is 4. The van der Waals surface area contributed by atoms with Crippen molar-refractivity contribution in [3.8, 4) is 0 Å². The van der Waals surface area contributed by atoms with Gasteiger partial charge in [-0.1, -0.05) is 263 Å². The van der Waals surface area contributed by atoms with Crippen molar-refractivity contribution in [1.29, 1.82) is 0 Å². The Morgan fingerprint density at radius 1 is 0.284 bits per heavy atom. The van der Waals surface area contributed by atoms with E-state index in [2.05, 4.69) is 167 Å². The van der Waals surface area contributed by atoms with Crippen molar-refractivity contribution in [2.45, 2.75) is 303 Å². The lowest BCUT2D eigenvalue weighted by Crippen LogP contribution is -2.30. The van der Waals surface area contributed by atoms with E-state index in [9.17, 15) is 43.2 Å². The SMILES string of the molecule is CC/C=C\C/C=C\C/C=C\C/C=C\C/C=C\C/C=C\CCC(=O)OCC(COP(=O)(O)OCC(O)COP(=O)(O)OCC(COC(=O)CCCCCCC/C=C\C/C=C\CCCCC)OC(=O)CCCCCCC/C=C\CCCC)OC(=O)CCCCCC/C=C\C/C=C\C/C=C\C/C=C\CC. The minimum atomic E-state index is -5.01. The number of phosphoric ester groups is 2. The molecule has 5 unspecified atom stereocenters. The lowest BCUT2D eigenvalue weighted by atomic mass is 10.1. The Morgan fingerprint density at radius 2 is 0.539 bits per heavy atom. The number of hydrogen-bond acceptors (Lipinski definition) is 15. The summed E-state index contributed by atoms with van der Waals surface area (Å²) in [5, 5.41) is 10.6. The van der Waals surface area contributed by atoms with Gasteiger partial charge in [-0.3, -0.25) is 37.3 Å². The maximum atomic E-state index is 13.1. The maximum Gasteiger partial charge on any atom is 0.472 e. The van der Waals surface area contributed by atoms with Gasteiger partial charge >= 0.3 is 39.5 Å². The molecule has 0 aliphatic carbocycles. The van der Waals surface area contributed by atoms with Gasteiger partial charge in [-0.25, -0.2) is 9.13 Å². The first-order chi connectivity index (χ1) is 49.7. The van der Waals surface area contributed by atoms with Gasteiger partial charge in [0, 0.05) is 25.7 Å². The summed E-state index contributed by atoms with van der Waals surface area (Å²) in [7, 11) is -10.00. The number of unbranched alkanes of at least 4 members (excludes halogenated alkanes) is 19. The normalized spacial score (nSPS) is 14.8. The fourth-order valence-corrected chi connectivity index (χ4v) is 11.2. The molecule has 3 N–H and O–H groups in total. The van der Waals surface area contributed by atoms with Gasteiger partial charge in [0.1, 0.15) is 19.3 Å². The molecule has 17 nitrogen and oxygen atoms in total. The standard InChI is InChI=1S/C83H136O17P2/c1-5-9-13-17-21-25-29-32-35-37-38-40-42-45-49-52-56-60-64-68-81(86)94-74-79(100-83(88)70-66-62-58-54-50-46-43-39-36-33-30-26-22-18-14-10-6-2)76-98-102(91,92)96-72-77(84)71-95-101(89,90)97-75-78(99-82(87)69-65-61-57-53-47-28-24-20-16-12-8-4)73-93-80(85)67-63-59-55-51-48-44-41-34-31-27-23-19-15-11-7-3/h9-10,13-14,20-27,32-36,38,40-41,43,45-46,49,56,60,77-79,84H,5-8,11-12,15-19,28-31,37,39,42,44,47-48,50-55,57-59,61-76H2,1-4H3,(H,89,90)(H,91,92)/b13-9-,14-10-,24-20-,25-21-,26-22-,27-23-,35-32-,36-33-,40-38-,41-34-,46-43-,49-45-,60-56-. The number of hydrogen-bond donors (Lipinski definition) is 3. The number of allylic oxidation sites excluding steroid dienone is 26. The van der Waals surface area contributed by atoms with E-state index in [1.54, 1.807) is 0 Å². The molecule has 102 heavy (non-hydrogen) atoms. The number of ether oxygens (including phenoxy) is 4. The fraction of sp³-hybridized carbons (Fsp3) is 0.639. The highest BCUT2D eigenvalue weighted by Gasteiger charge is 2.30. The van der Waals surface area contributed by atoms with Gasteiger partial charge in [-0.05, 0) is 154 Å². The van der Waals surface area contributed by atoms with E-state index in [4.69, 9.17) is 37.0 Å². The molecule has 0 heterocycles. The number of carbonyl (C=O) groups is 4. The number of esters is 4. The van der Waals surface area contributed by atoms with E-state index in [0.29, 0.717) is 32.1 Å². The second kappa shape index (κ2) is 74.0. The Labute approximate surface area is 617 Å². The van der Waals surface area contributed by atoms with Gasteiger partial charge < -0.3 is 33.8 Å². The molecule has 580 valence electrons. The average molecular weight is 1470 g/mol. The molecule has 0 spiro atoms. The Balaban J connectivity index is 5.46. The monoisotopic (exact) mass is 1470 g/mol. The highest BCUT2D eigenvalue weighted by atomic mass is 31.2. The van der Waals surface area contributed by atoms with Crippen molar-refractivity contribution in [2.24, 2.45) is 0 Å². The van der Waals surface area contributed by atoms with Crippen LogP contribution in [0.5, 0.6) is 0 Å². The second-order valence-electron chi connectivity index (χ2n) is 25.2. The topological polar surface area (TPSA) is 237 Å². The van der Waals surface area contributed by atoms with Crippen molar-refractivity contribution >= 4 is 39.5 Å². The molecule has 0 fully saturated rings. The van der Waals surface area contributed by atoms with Crippen molar-refractivity contribution < 1.29 is 80.2 Å². The molecule has 0 aromatic heterocycles. The smallest absolute Gasteiger partial charge is 0.462 e. The van der Waals surface area contributed by atoms with Crippen LogP contribution in [0, 0.1) is 0 Å². The van der Waals surface area contributed by atoms with Crippen LogP contribution >= 0.6 is 15.6 Å². The van der Waals surface area contributed by atoms with Crippen LogP contribution in [0.1, 0.15) is 285 Å². The van der Waals surface area contributed by atoms with Crippen LogP contribution in [0.4, 0.5) is 0 Å². The van der Waals surface area contributed by atoms with E-state index in [1.165, 1.54) is 32.1 Å². The Kier molecular flexibility index (Phi) is 70.1. The maximum absolute atomic E-state index is 13.1. The number of aliphatic hydroxyl groups is 1. The molecule has 0 saturated carbocycles. The van der Waals surface area contributed by atoms with Gasteiger partial charge in [0.05, 0.1) is 26.4 Å². The van der Waals surface area contributed by atoms with E-state index < -0.39 is 97.5 Å². The average Bonchev–Trinajstić information content (AvgIpc) is 0.921. The first-order valence-electron chi connectivity index (χ1n) is 38.7. The summed E-state index contributed by atoms with van der Waals surface area (Å²) >= 11 is 0. The molecular weight excluding hydrogens is 1330 g/mol. The first-order valence-corrected chi connectivity index (χ1v) is 41.7. The van der Waals surface area contributed by atoms with Crippen LogP contribution < -0.4 is 0 Å².